The summed E-state index contributed by atoms with van der Waals surface area (Å²) in [4.78, 5) is 8.91. The van der Waals surface area contributed by atoms with Gasteiger partial charge in [0.05, 0.1) is 10.5 Å². The molecule has 0 unspecified atom stereocenters. The fourth-order valence-electron chi connectivity index (χ4n) is 2.03. The maximum atomic E-state index is 6.28. The van der Waals surface area contributed by atoms with Gasteiger partial charge in [0.1, 0.15) is 5.15 Å². The smallest absolute Gasteiger partial charge is 0.161 e. The molecule has 0 aliphatic carbocycles. The van der Waals surface area contributed by atoms with Gasteiger partial charge in [0.2, 0.25) is 0 Å². The lowest BCUT2D eigenvalue weighted by atomic mass is 10.1. The maximum Gasteiger partial charge on any atom is 0.161 e. The number of aromatic nitrogens is 2. The van der Waals surface area contributed by atoms with Gasteiger partial charge in [-0.3, -0.25) is 0 Å². The Labute approximate surface area is 121 Å². The summed E-state index contributed by atoms with van der Waals surface area (Å²) in [5.74, 6) is 0.589. The van der Waals surface area contributed by atoms with E-state index in [1.807, 2.05) is 49.4 Å². The molecule has 3 rings (SSSR count). The summed E-state index contributed by atoms with van der Waals surface area (Å²) in [7, 11) is 0. The first kappa shape index (κ1) is 12.4. The molecule has 0 atom stereocenters. The molecule has 1 aromatic heterocycles. The molecule has 0 aliphatic rings. The Balaban J connectivity index is 2.34. The van der Waals surface area contributed by atoms with E-state index >= 15 is 0 Å². The first-order valence-corrected chi connectivity index (χ1v) is 6.60. The highest BCUT2D eigenvalue weighted by molar-refractivity contribution is 6.38. The van der Waals surface area contributed by atoms with E-state index in [-0.39, 0.29) is 0 Å². The molecule has 0 aliphatic heterocycles. The number of benzene rings is 2. The minimum absolute atomic E-state index is 0.434. The SMILES string of the molecule is Cc1ccc(Cl)c2nc(-c3ccccc3)nc(Cl)c12. The van der Waals surface area contributed by atoms with Crippen molar-refractivity contribution in [3.8, 4) is 11.4 Å². The molecule has 4 heteroatoms. The molecule has 94 valence electrons. The molecule has 0 radical (unpaired) electrons. The Morgan fingerprint density at radius 2 is 1.63 bits per heavy atom. The molecule has 0 saturated heterocycles. The molecule has 2 aromatic carbocycles. The second-order valence-electron chi connectivity index (χ2n) is 4.29. The average molecular weight is 289 g/mol. The van der Waals surface area contributed by atoms with E-state index in [1.54, 1.807) is 0 Å². The Bertz CT molecular complexity index is 755. The molecule has 0 amide bonds. The lowest BCUT2D eigenvalue weighted by Crippen LogP contribution is -1.94. The monoisotopic (exact) mass is 288 g/mol. The average Bonchev–Trinajstić information content (AvgIpc) is 2.43. The predicted octanol–water partition coefficient (Wildman–Crippen LogP) is 4.91. The van der Waals surface area contributed by atoms with Crippen molar-refractivity contribution in [3.05, 3.63) is 58.2 Å². The van der Waals surface area contributed by atoms with Gasteiger partial charge in [-0.2, -0.15) is 0 Å². The van der Waals surface area contributed by atoms with Crippen molar-refractivity contribution in [3.63, 3.8) is 0 Å². The molecule has 0 bridgehead atoms. The normalized spacial score (nSPS) is 10.9. The number of hydrogen-bond donors (Lipinski definition) is 0. The van der Waals surface area contributed by atoms with Crippen LogP contribution in [0.4, 0.5) is 0 Å². The van der Waals surface area contributed by atoms with Crippen LogP contribution < -0.4 is 0 Å². The zero-order valence-corrected chi connectivity index (χ0v) is 11.7. The van der Waals surface area contributed by atoms with Gasteiger partial charge in [-0.15, -0.1) is 0 Å². The molecule has 19 heavy (non-hydrogen) atoms. The van der Waals surface area contributed by atoms with E-state index in [4.69, 9.17) is 23.2 Å². The summed E-state index contributed by atoms with van der Waals surface area (Å²) in [6, 6.07) is 13.5. The molecule has 2 nitrogen and oxygen atoms in total. The highest BCUT2D eigenvalue weighted by Crippen LogP contribution is 2.31. The van der Waals surface area contributed by atoms with Crippen molar-refractivity contribution in [2.45, 2.75) is 6.92 Å². The minimum atomic E-state index is 0.434. The fourth-order valence-corrected chi connectivity index (χ4v) is 2.55. The molecule has 3 aromatic rings. The summed E-state index contributed by atoms with van der Waals surface area (Å²) in [6.07, 6.45) is 0. The van der Waals surface area contributed by atoms with Crippen LogP contribution in [0.15, 0.2) is 42.5 Å². The van der Waals surface area contributed by atoms with Crippen LogP contribution in [0.25, 0.3) is 22.3 Å². The second-order valence-corrected chi connectivity index (χ2v) is 5.06. The van der Waals surface area contributed by atoms with Crippen LogP contribution in [0, 0.1) is 6.92 Å². The minimum Gasteiger partial charge on any atom is -0.226 e. The molecule has 1 heterocycles. The van der Waals surface area contributed by atoms with Crippen LogP contribution in [0.1, 0.15) is 5.56 Å². The summed E-state index contributed by atoms with van der Waals surface area (Å²) in [5, 5.41) is 1.83. The highest BCUT2D eigenvalue weighted by Gasteiger charge is 2.12. The number of nitrogens with zero attached hydrogens (tertiary/aromatic N) is 2. The Morgan fingerprint density at radius 3 is 2.37 bits per heavy atom. The van der Waals surface area contributed by atoms with Crippen molar-refractivity contribution in [1.82, 2.24) is 9.97 Å². The standard InChI is InChI=1S/C15H10Cl2N2/c1-9-7-8-11(16)13-12(9)14(17)19-15(18-13)10-5-3-2-4-6-10/h2-8H,1H3. The molecule has 0 saturated carbocycles. The number of halogens is 2. The summed E-state index contributed by atoms with van der Waals surface area (Å²) >= 11 is 12.5. The van der Waals surface area contributed by atoms with Crippen LogP contribution in [0.2, 0.25) is 10.2 Å². The largest absolute Gasteiger partial charge is 0.226 e. The Morgan fingerprint density at radius 1 is 0.895 bits per heavy atom. The fraction of sp³-hybridized carbons (Fsp3) is 0.0667. The molecular formula is C15H10Cl2N2. The van der Waals surface area contributed by atoms with E-state index < -0.39 is 0 Å². The van der Waals surface area contributed by atoms with Crippen LogP contribution in [0.5, 0.6) is 0 Å². The molecule has 0 spiro atoms. The quantitative estimate of drug-likeness (QED) is 0.595. The van der Waals surface area contributed by atoms with E-state index in [1.165, 1.54) is 0 Å². The Hall–Kier alpha value is -1.64. The van der Waals surface area contributed by atoms with Gasteiger partial charge in [-0.1, -0.05) is 59.6 Å². The third-order valence-electron chi connectivity index (χ3n) is 3.00. The Kier molecular flexibility index (Phi) is 3.13. The van der Waals surface area contributed by atoms with Gasteiger partial charge in [0.15, 0.2) is 5.82 Å². The number of hydrogen-bond acceptors (Lipinski definition) is 2. The second kappa shape index (κ2) is 4.80. The summed E-state index contributed by atoms with van der Waals surface area (Å²) in [5.41, 5.74) is 2.63. The van der Waals surface area contributed by atoms with E-state index in [2.05, 4.69) is 9.97 Å². The third-order valence-corrected chi connectivity index (χ3v) is 3.58. The van der Waals surface area contributed by atoms with Crippen LogP contribution in [0.3, 0.4) is 0 Å². The zero-order chi connectivity index (χ0) is 13.4. The lowest BCUT2D eigenvalue weighted by molar-refractivity contribution is 1.22. The van der Waals surface area contributed by atoms with Crippen LogP contribution >= 0.6 is 23.2 Å². The topological polar surface area (TPSA) is 25.8 Å². The first-order valence-electron chi connectivity index (χ1n) is 5.84. The van der Waals surface area contributed by atoms with E-state index in [0.717, 1.165) is 16.5 Å². The predicted molar refractivity (Wildman–Crippen MR) is 79.7 cm³/mol. The van der Waals surface area contributed by atoms with Gasteiger partial charge in [0, 0.05) is 10.9 Å². The van der Waals surface area contributed by atoms with E-state index in [9.17, 15) is 0 Å². The summed E-state index contributed by atoms with van der Waals surface area (Å²) < 4.78 is 0. The summed E-state index contributed by atoms with van der Waals surface area (Å²) in [6.45, 7) is 1.97. The molecule has 0 fully saturated rings. The lowest BCUT2D eigenvalue weighted by Gasteiger charge is -2.08. The number of rotatable bonds is 1. The number of aryl methyl sites for hydroxylation is 1. The van der Waals surface area contributed by atoms with Crippen molar-refractivity contribution >= 4 is 34.1 Å². The maximum absolute atomic E-state index is 6.28. The number of fused-ring (bicyclic) bond motifs is 1. The van der Waals surface area contributed by atoms with Gasteiger partial charge in [-0.05, 0) is 18.6 Å². The van der Waals surface area contributed by atoms with Crippen molar-refractivity contribution in [1.29, 1.82) is 0 Å². The van der Waals surface area contributed by atoms with Crippen molar-refractivity contribution in [2.24, 2.45) is 0 Å². The highest BCUT2D eigenvalue weighted by atomic mass is 35.5. The zero-order valence-electron chi connectivity index (χ0n) is 10.2. The van der Waals surface area contributed by atoms with E-state index in [0.29, 0.717) is 21.5 Å². The van der Waals surface area contributed by atoms with Crippen LogP contribution in [-0.2, 0) is 0 Å². The van der Waals surface area contributed by atoms with Gasteiger partial charge >= 0.3 is 0 Å². The van der Waals surface area contributed by atoms with Crippen molar-refractivity contribution < 1.29 is 0 Å². The molecular weight excluding hydrogens is 279 g/mol. The van der Waals surface area contributed by atoms with Crippen molar-refractivity contribution in [2.75, 3.05) is 0 Å². The van der Waals surface area contributed by atoms with Crippen LogP contribution in [-0.4, -0.2) is 9.97 Å². The van der Waals surface area contributed by atoms with Gasteiger partial charge < -0.3 is 0 Å². The van der Waals surface area contributed by atoms with Gasteiger partial charge in [0.25, 0.3) is 0 Å². The van der Waals surface area contributed by atoms with Gasteiger partial charge in [-0.25, -0.2) is 9.97 Å². The molecule has 0 N–H and O–H groups in total. The third kappa shape index (κ3) is 2.18. The first-order chi connectivity index (χ1) is 9.16.